The van der Waals surface area contributed by atoms with Gasteiger partial charge in [0.2, 0.25) is 0 Å². The maximum absolute atomic E-state index is 8.78. The molecule has 0 aromatic carbocycles. The van der Waals surface area contributed by atoms with Gasteiger partial charge >= 0.3 is 0 Å². The predicted octanol–water partition coefficient (Wildman–Crippen LogP) is 1.95. The topological polar surface area (TPSA) is 61.6 Å². The minimum absolute atomic E-state index is 0.379. The number of anilines is 1. The van der Waals surface area contributed by atoms with Gasteiger partial charge in [0.1, 0.15) is 6.07 Å². The van der Waals surface area contributed by atoms with Crippen LogP contribution in [-0.2, 0) is 0 Å². The summed E-state index contributed by atoms with van der Waals surface area (Å²) in [6, 6.07) is 2.02. The van der Waals surface area contributed by atoms with Crippen LogP contribution >= 0.6 is 0 Å². The zero-order chi connectivity index (χ0) is 10.5. The fourth-order valence-electron chi connectivity index (χ4n) is 1.55. The van der Waals surface area contributed by atoms with Crippen LogP contribution in [0.15, 0.2) is 12.4 Å². The Kier molecular flexibility index (Phi) is 3.13. The molecule has 0 saturated heterocycles. The molecule has 1 aliphatic rings. The Bertz CT molecular complexity index is 365. The molecule has 1 heterocycles. The number of hydrogen-bond donors (Lipinski definition) is 1. The van der Waals surface area contributed by atoms with Gasteiger partial charge in [0.25, 0.3) is 0 Å². The lowest BCUT2D eigenvalue weighted by atomic mass is 10.2. The van der Waals surface area contributed by atoms with Gasteiger partial charge in [-0.25, -0.2) is 9.97 Å². The van der Waals surface area contributed by atoms with Crippen molar-refractivity contribution in [3.05, 3.63) is 18.1 Å². The first-order chi connectivity index (χ1) is 7.40. The van der Waals surface area contributed by atoms with Gasteiger partial charge in [0.05, 0.1) is 0 Å². The van der Waals surface area contributed by atoms with Crippen LogP contribution in [0.3, 0.4) is 0 Å². The van der Waals surface area contributed by atoms with Crippen molar-refractivity contribution < 1.29 is 0 Å². The minimum Gasteiger partial charge on any atom is -0.368 e. The zero-order valence-electron chi connectivity index (χ0n) is 8.61. The quantitative estimate of drug-likeness (QED) is 0.741. The van der Waals surface area contributed by atoms with Crippen LogP contribution in [0.4, 0.5) is 5.82 Å². The molecule has 0 atom stereocenters. The summed E-state index contributed by atoms with van der Waals surface area (Å²) in [5.74, 6) is 1.57. The number of aromatic nitrogens is 2. The highest BCUT2D eigenvalue weighted by Crippen LogP contribution is 2.33. The molecule has 0 radical (unpaired) electrons. The second-order valence-electron chi connectivity index (χ2n) is 3.88. The lowest BCUT2D eigenvalue weighted by molar-refractivity contribution is 0.686. The minimum atomic E-state index is 0.379. The van der Waals surface area contributed by atoms with E-state index in [9.17, 15) is 0 Å². The van der Waals surface area contributed by atoms with Crippen LogP contribution in [-0.4, -0.2) is 16.5 Å². The molecule has 1 fully saturated rings. The van der Waals surface area contributed by atoms with Crippen LogP contribution < -0.4 is 5.32 Å². The average Bonchev–Trinajstić information content (AvgIpc) is 3.09. The molecule has 0 bridgehead atoms. The Balaban J connectivity index is 1.79. The number of nitrogens with zero attached hydrogens (tertiary/aromatic N) is 3. The summed E-state index contributed by atoms with van der Waals surface area (Å²) in [6.45, 7) is 0.879. The van der Waals surface area contributed by atoms with Gasteiger partial charge in [0.15, 0.2) is 11.5 Å². The molecule has 0 amide bonds. The van der Waals surface area contributed by atoms with Crippen molar-refractivity contribution >= 4 is 5.82 Å². The van der Waals surface area contributed by atoms with Gasteiger partial charge in [-0.05, 0) is 18.8 Å². The summed E-state index contributed by atoms with van der Waals surface area (Å²) >= 11 is 0. The van der Waals surface area contributed by atoms with E-state index in [1.54, 1.807) is 6.20 Å². The molecule has 78 valence electrons. The maximum atomic E-state index is 8.78. The Hall–Kier alpha value is -1.63. The molecule has 2 rings (SSSR count). The smallest absolute Gasteiger partial charge is 0.182 e. The van der Waals surface area contributed by atoms with E-state index in [1.807, 2.05) is 6.07 Å². The van der Waals surface area contributed by atoms with Gasteiger partial charge in [0, 0.05) is 18.9 Å². The molecule has 1 aromatic heterocycles. The van der Waals surface area contributed by atoms with E-state index in [-0.39, 0.29) is 0 Å². The van der Waals surface area contributed by atoms with E-state index in [0.717, 1.165) is 18.9 Å². The normalized spacial score (nSPS) is 14.6. The van der Waals surface area contributed by atoms with Crippen molar-refractivity contribution in [2.45, 2.75) is 25.7 Å². The largest absolute Gasteiger partial charge is 0.368 e. The highest BCUT2D eigenvalue weighted by atomic mass is 15.0. The molecule has 1 aromatic rings. The third-order valence-corrected chi connectivity index (χ3v) is 2.58. The zero-order valence-corrected chi connectivity index (χ0v) is 8.61. The molecule has 15 heavy (non-hydrogen) atoms. The highest BCUT2D eigenvalue weighted by Gasteiger charge is 2.19. The Morgan fingerprint density at radius 3 is 2.93 bits per heavy atom. The van der Waals surface area contributed by atoms with E-state index in [2.05, 4.69) is 15.3 Å². The first-order valence-electron chi connectivity index (χ1n) is 5.35. The van der Waals surface area contributed by atoms with E-state index >= 15 is 0 Å². The summed E-state index contributed by atoms with van der Waals surface area (Å²) in [5.41, 5.74) is 0.379. The molecule has 0 spiro atoms. The average molecular weight is 202 g/mol. The second kappa shape index (κ2) is 4.74. The maximum Gasteiger partial charge on any atom is 0.182 e. The summed E-state index contributed by atoms with van der Waals surface area (Å²) < 4.78 is 0. The van der Waals surface area contributed by atoms with Crippen LogP contribution in [0.5, 0.6) is 0 Å². The van der Waals surface area contributed by atoms with Crippen molar-refractivity contribution in [1.82, 2.24) is 9.97 Å². The Morgan fingerprint density at radius 1 is 1.40 bits per heavy atom. The first kappa shape index (κ1) is 9.91. The van der Waals surface area contributed by atoms with E-state index in [0.29, 0.717) is 11.5 Å². The number of hydrogen-bond acceptors (Lipinski definition) is 4. The third kappa shape index (κ3) is 2.91. The summed E-state index contributed by atoms with van der Waals surface area (Å²) in [6.07, 6.45) is 8.36. The summed E-state index contributed by atoms with van der Waals surface area (Å²) in [7, 11) is 0. The molecule has 1 aliphatic carbocycles. The van der Waals surface area contributed by atoms with Crippen molar-refractivity contribution in [2.75, 3.05) is 11.9 Å². The van der Waals surface area contributed by atoms with E-state index in [1.165, 1.54) is 25.5 Å². The van der Waals surface area contributed by atoms with Gasteiger partial charge in [-0.1, -0.05) is 12.8 Å². The monoisotopic (exact) mass is 202 g/mol. The van der Waals surface area contributed by atoms with Crippen molar-refractivity contribution in [1.29, 1.82) is 5.26 Å². The first-order valence-corrected chi connectivity index (χ1v) is 5.35. The SMILES string of the molecule is N#Cc1nccnc1NCCCC1CC1. The van der Waals surface area contributed by atoms with Crippen molar-refractivity contribution in [3.63, 3.8) is 0 Å². The van der Waals surface area contributed by atoms with Crippen LogP contribution in [0, 0.1) is 17.2 Å². The Labute approximate surface area is 89.4 Å². The van der Waals surface area contributed by atoms with Crippen LogP contribution in [0.1, 0.15) is 31.4 Å². The number of rotatable bonds is 5. The van der Waals surface area contributed by atoms with Gasteiger partial charge < -0.3 is 5.32 Å². The fourth-order valence-corrected chi connectivity index (χ4v) is 1.55. The standard InChI is InChI=1S/C11H14N4/c12-8-10-11(15-7-6-13-10)14-5-1-2-9-3-4-9/h6-7,9H,1-5H2,(H,14,15). The summed E-state index contributed by atoms with van der Waals surface area (Å²) in [4.78, 5) is 8.02. The van der Waals surface area contributed by atoms with Crippen molar-refractivity contribution in [2.24, 2.45) is 5.92 Å². The Morgan fingerprint density at radius 2 is 2.20 bits per heavy atom. The van der Waals surface area contributed by atoms with Crippen molar-refractivity contribution in [3.8, 4) is 6.07 Å². The lowest BCUT2D eigenvalue weighted by Gasteiger charge is -2.05. The highest BCUT2D eigenvalue weighted by molar-refractivity contribution is 5.46. The molecular weight excluding hydrogens is 188 g/mol. The predicted molar refractivity (Wildman–Crippen MR) is 57.2 cm³/mol. The lowest BCUT2D eigenvalue weighted by Crippen LogP contribution is -2.06. The molecule has 0 unspecified atom stereocenters. The van der Waals surface area contributed by atoms with E-state index < -0.39 is 0 Å². The molecule has 1 saturated carbocycles. The van der Waals surface area contributed by atoms with Crippen LogP contribution in [0.2, 0.25) is 0 Å². The van der Waals surface area contributed by atoms with Gasteiger partial charge in [-0.3, -0.25) is 0 Å². The van der Waals surface area contributed by atoms with E-state index in [4.69, 9.17) is 5.26 Å². The molecular formula is C11H14N4. The molecule has 4 heteroatoms. The molecule has 1 N–H and O–H groups in total. The number of nitriles is 1. The third-order valence-electron chi connectivity index (χ3n) is 2.58. The molecule has 4 nitrogen and oxygen atoms in total. The van der Waals surface area contributed by atoms with Gasteiger partial charge in [-0.15, -0.1) is 0 Å². The summed E-state index contributed by atoms with van der Waals surface area (Å²) in [5, 5.41) is 11.9. The second-order valence-corrected chi connectivity index (χ2v) is 3.88. The fraction of sp³-hybridized carbons (Fsp3) is 0.545. The van der Waals surface area contributed by atoms with Crippen LogP contribution in [0.25, 0.3) is 0 Å². The number of nitrogens with one attached hydrogen (secondary N) is 1. The van der Waals surface area contributed by atoms with Gasteiger partial charge in [-0.2, -0.15) is 5.26 Å². The molecule has 0 aliphatic heterocycles.